The van der Waals surface area contributed by atoms with Crippen LogP contribution in [-0.4, -0.2) is 63.3 Å². The Morgan fingerprint density at radius 3 is 2.46 bits per heavy atom. The topological polar surface area (TPSA) is 67.7 Å². The molecule has 2 aromatic rings. The zero-order valence-electron chi connectivity index (χ0n) is 15.5. The number of hydrazine groups is 1. The van der Waals surface area contributed by atoms with Crippen molar-refractivity contribution in [3.8, 4) is 5.75 Å². The van der Waals surface area contributed by atoms with Gasteiger partial charge in [0.25, 0.3) is 0 Å². The Balaban J connectivity index is 1.36. The molecule has 1 saturated heterocycles. The van der Waals surface area contributed by atoms with Crippen LogP contribution >= 0.6 is 0 Å². The van der Waals surface area contributed by atoms with Crippen LogP contribution < -0.4 is 10.3 Å². The van der Waals surface area contributed by atoms with Crippen molar-refractivity contribution in [1.29, 1.82) is 0 Å². The van der Waals surface area contributed by atoms with E-state index in [2.05, 4.69) is 25.3 Å². The average molecular weight is 400 g/mol. The summed E-state index contributed by atoms with van der Waals surface area (Å²) in [5.41, 5.74) is 3.91. The molecule has 11 heteroatoms. The van der Waals surface area contributed by atoms with Gasteiger partial charge in [-0.05, 0) is 24.6 Å². The highest BCUT2D eigenvalue weighted by Gasteiger charge is 2.31. The maximum atomic E-state index is 12.2. The number of alkyl halides is 3. The molecule has 1 aliphatic rings. The van der Waals surface area contributed by atoms with E-state index in [0.29, 0.717) is 13.1 Å². The van der Waals surface area contributed by atoms with Gasteiger partial charge in [0.15, 0.2) is 0 Å². The summed E-state index contributed by atoms with van der Waals surface area (Å²) in [5.74, 6) is -0.206. The number of halogens is 3. The van der Waals surface area contributed by atoms with Gasteiger partial charge in [0.05, 0.1) is 12.6 Å². The molecule has 1 atom stereocenters. The normalized spacial score (nSPS) is 17.6. The van der Waals surface area contributed by atoms with Gasteiger partial charge in [-0.3, -0.25) is 14.4 Å². The van der Waals surface area contributed by atoms with Gasteiger partial charge in [0.2, 0.25) is 0 Å². The molecule has 2 heterocycles. The third-order valence-electron chi connectivity index (χ3n) is 4.23. The molecule has 0 aliphatic carbocycles. The summed E-state index contributed by atoms with van der Waals surface area (Å²) in [6.07, 6.45) is -1.62. The molecular weight excluding hydrogens is 377 g/mol. The monoisotopic (exact) mass is 400 g/mol. The van der Waals surface area contributed by atoms with Crippen LogP contribution in [0.3, 0.4) is 0 Å². The van der Waals surface area contributed by atoms with Crippen LogP contribution in [0.1, 0.15) is 12.5 Å². The molecule has 3 rings (SSSR count). The summed E-state index contributed by atoms with van der Waals surface area (Å²) in [6.45, 7) is 6.38. The van der Waals surface area contributed by atoms with Crippen LogP contribution in [0.15, 0.2) is 36.9 Å². The molecule has 8 nitrogen and oxygen atoms in total. The van der Waals surface area contributed by atoms with Crippen molar-refractivity contribution in [2.45, 2.75) is 32.5 Å². The van der Waals surface area contributed by atoms with E-state index in [1.165, 1.54) is 18.5 Å². The maximum Gasteiger partial charge on any atom is 0.573 e. The molecule has 0 bridgehead atoms. The number of benzene rings is 1. The van der Waals surface area contributed by atoms with E-state index in [1.54, 1.807) is 23.1 Å². The van der Waals surface area contributed by atoms with Gasteiger partial charge in [-0.1, -0.05) is 12.1 Å². The first-order chi connectivity index (χ1) is 13.4. The van der Waals surface area contributed by atoms with Crippen molar-refractivity contribution in [3.05, 3.63) is 42.5 Å². The van der Waals surface area contributed by atoms with Crippen molar-refractivity contribution < 1.29 is 22.7 Å². The largest absolute Gasteiger partial charge is 0.573 e. The number of ether oxygens (including phenoxy) is 1. The summed E-state index contributed by atoms with van der Waals surface area (Å²) in [6, 6.07) is 5.98. The van der Waals surface area contributed by atoms with Crippen LogP contribution in [-0.2, 0) is 17.9 Å². The smallest absolute Gasteiger partial charge is 0.406 e. The van der Waals surface area contributed by atoms with Gasteiger partial charge < -0.3 is 4.74 Å². The quantitative estimate of drug-likeness (QED) is 0.678. The predicted octanol–water partition coefficient (Wildman–Crippen LogP) is 1.82. The average Bonchev–Trinajstić information content (AvgIpc) is 3.14. The molecule has 1 fully saturated rings. The lowest BCUT2D eigenvalue weighted by molar-refractivity contribution is -0.274. The Bertz CT molecular complexity index is 703. The SMILES string of the molecule is CC(Cn1cncn1)ONN1CCN(Cc2ccc(OC(F)(F)F)cc2)CC1. The Kier molecular flexibility index (Phi) is 6.83. The van der Waals surface area contributed by atoms with Gasteiger partial charge in [-0.2, -0.15) is 5.10 Å². The van der Waals surface area contributed by atoms with Crippen LogP contribution in [0.4, 0.5) is 13.2 Å². The number of aromatic nitrogens is 3. The van der Waals surface area contributed by atoms with Gasteiger partial charge >= 0.3 is 6.36 Å². The van der Waals surface area contributed by atoms with E-state index >= 15 is 0 Å². The van der Waals surface area contributed by atoms with Crippen LogP contribution in [0, 0.1) is 0 Å². The van der Waals surface area contributed by atoms with Crippen molar-refractivity contribution in [2.75, 3.05) is 26.2 Å². The highest BCUT2D eigenvalue weighted by molar-refractivity contribution is 5.27. The zero-order valence-corrected chi connectivity index (χ0v) is 15.5. The number of rotatable bonds is 8. The van der Waals surface area contributed by atoms with Gasteiger partial charge in [0.1, 0.15) is 18.4 Å². The molecular formula is C17H23F3N6O2. The Morgan fingerprint density at radius 2 is 1.86 bits per heavy atom. The van der Waals surface area contributed by atoms with E-state index < -0.39 is 6.36 Å². The summed E-state index contributed by atoms with van der Waals surface area (Å²) >= 11 is 0. The highest BCUT2D eigenvalue weighted by atomic mass is 19.4. The number of hydrogen-bond donors (Lipinski definition) is 1. The molecule has 0 spiro atoms. The predicted molar refractivity (Wildman–Crippen MR) is 93.7 cm³/mol. The van der Waals surface area contributed by atoms with Crippen LogP contribution in [0.25, 0.3) is 0 Å². The van der Waals surface area contributed by atoms with E-state index in [4.69, 9.17) is 4.84 Å². The van der Waals surface area contributed by atoms with E-state index in [0.717, 1.165) is 31.7 Å². The minimum Gasteiger partial charge on any atom is -0.406 e. The second-order valence-electron chi connectivity index (χ2n) is 6.59. The van der Waals surface area contributed by atoms with Crippen molar-refractivity contribution in [2.24, 2.45) is 0 Å². The molecule has 1 aromatic heterocycles. The second kappa shape index (κ2) is 9.32. The van der Waals surface area contributed by atoms with Crippen molar-refractivity contribution in [3.63, 3.8) is 0 Å². The zero-order chi connectivity index (χ0) is 20.0. The molecule has 0 saturated carbocycles. The molecule has 154 valence electrons. The number of nitrogens with zero attached hydrogens (tertiary/aromatic N) is 5. The van der Waals surface area contributed by atoms with Gasteiger partial charge in [0, 0.05) is 32.7 Å². The minimum atomic E-state index is -4.67. The fraction of sp³-hybridized carbons (Fsp3) is 0.529. The standard InChI is InChI=1S/C17H23F3N6O2/c1-14(10-26-13-21-12-22-26)28-23-25-8-6-24(7-9-25)11-15-2-4-16(5-3-15)27-17(18,19)20/h2-5,12-14,23H,6-11H2,1H3. The van der Waals surface area contributed by atoms with Crippen molar-refractivity contribution in [1.82, 2.24) is 30.3 Å². The molecule has 1 unspecified atom stereocenters. The number of nitrogens with one attached hydrogen (secondary N) is 1. The van der Waals surface area contributed by atoms with E-state index in [9.17, 15) is 13.2 Å². The first-order valence-electron chi connectivity index (χ1n) is 8.93. The second-order valence-corrected chi connectivity index (χ2v) is 6.59. The highest BCUT2D eigenvalue weighted by Crippen LogP contribution is 2.23. The summed E-state index contributed by atoms with van der Waals surface area (Å²) in [5, 5.41) is 6.03. The first-order valence-corrected chi connectivity index (χ1v) is 8.93. The Hall–Kier alpha value is -2.21. The fourth-order valence-corrected chi connectivity index (χ4v) is 2.84. The van der Waals surface area contributed by atoms with Gasteiger partial charge in [-0.15, -0.1) is 18.8 Å². The molecule has 1 aliphatic heterocycles. The summed E-state index contributed by atoms with van der Waals surface area (Å²) < 4.78 is 42.2. The third-order valence-corrected chi connectivity index (χ3v) is 4.23. The lowest BCUT2D eigenvalue weighted by Gasteiger charge is -2.34. The Labute approximate surface area is 160 Å². The van der Waals surface area contributed by atoms with E-state index in [-0.39, 0.29) is 11.9 Å². The Morgan fingerprint density at radius 1 is 1.14 bits per heavy atom. The van der Waals surface area contributed by atoms with Crippen LogP contribution in [0.5, 0.6) is 5.75 Å². The molecule has 28 heavy (non-hydrogen) atoms. The summed E-state index contributed by atoms with van der Waals surface area (Å²) in [7, 11) is 0. The van der Waals surface area contributed by atoms with Crippen molar-refractivity contribution >= 4 is 0 Å². The number of hydrogen-bond acceptors (Lipinski definition) is 7. The minimum absolute atomic E-state index is 0.0721. The molecule has 1 aromatic carbocycles. The summed E-state index contributed by atoms with van der Waals surface area (Å²) in [4.78, 5) is 11.7. The fourth-order valence-electron chi connectivity index (χ4n) is 2.84. The van der Waals surface area contributed by atoms with Crippen LogP contribution in [0.2, 0.25) is 0 Å². The molecule has 1 N–H and O–H groups in total. The van der Waals surface area contributed by atoms with Gasteiger partial charge in [-0.25, -0.2) is 9.99 Å². The third kappa shape index (κ3) is 6.75. The van der Waals surface area contributed by atoms with E-state index in [1.807, 2.05) is 11.9 Å². The lowest BCUT2D eigenvalue weighted by atomic mass is 10.2. The maximum absolute atomic E-state index is 12.2. The first kappa shape index (κ1) is 20.5. The molecule has 0 radical (unpaired) electrons. The lowest BCUT2D eigenvalue weighted by Crippen LogP contribution is -2.52. The number of piperazine rings is 1. The molecule has 0 amide bonds.